The molecule has 5 nitrogen and oxygen atoms in total. The Hall–Kier alpha value is -1.64. The minimum absolute atomic E-state index is 0.0213. The molecule has 3 rings (SSSR count). The smallest absolute Gasteiger partial charge is 0.208 e. The van der Waals surface area contributed by atoms with Crippen LogP contribution in [0.1, 0.15) is 21.1 Å². The number of carbonyl (C=O) groups excluding carboxylic acids is 1. The van der Waals surface area contributed by atoms with E-state index in [1.807, 2.05) is 11.4 Å². The summed E-state index contributed by atoms with van der Waals surface area (Å²) in [5, 5.41) is 9.70. The van der Waals surface area contributed by atoms with E-state index in [0.717, 1.165) is 16.7 Å². The van der Waals surface area contributed by atoms with Crippen molar-refractivity contribution in [2.45, 2.75) is 11.6 Å². The van der Waals surface area contributed by atoms with Crippen LogP contribution in [0.25, 0.3) is 0 Å². The van der Waals surface area contributed by atoms with Gasteiger partial charge in [-0.25, -0.2) is 4.98 Å². The molecule has 2 heterocycles. The number of H-pyrrole nitrogens is 1. The molecule has 0 saturated carbocycles. The van der Waals surface area contributed by atoms with Crippen molar-refractivity contribution in [1.29, 1.82) is 0 Å². The van der Waals surface area contributed by atoms with Gasteiger partial charge in [0.2, 0.25) is 5.16 Å². The van der Waals surface area contributed by atoms with Gasteiger partial charge in [-0.05, 0) is 45.6 Å². The average molecular weight is 424 g/mol. The summed E-state index contributed by atoms with van der Waals surface area (Å²) in [5.74, 6) is 1.81. The highest BCUT2D eigenvalue weighted by molar-refractivity contribution is 9.10. The number of carbonyl (C=O) groups is 1. The Kier molecular flexibility index (Phi) is 5.70. The Bertz CT molecular complexity index is 834. The lowest BCUT2D eigenvalue weighted by atomic mass is 10.1. The fraction of sp³-hybridized carbons (Fsp3) is 0.188. The molecule has 1 N–H and O–H groups in total. The highest BCUT2D eigenvalue weighted by atomic mass is 79.9. The standard InChI is InChI=1S/C16H14BrN3O2S2/c1-22-14-5-4-10(7-12(14)17)13(21)9-24-16-18-15(19-20-16)8-11-3-2-6-23-11/h2-7H,8-9H2,1H3,(H,18,19,20). The number of methoxy groups -OCH3 is 1. The third-order valence-corrected chi connectivity index (χ3v) is 5.58. The maximum absolute atomic E-state index is 12.3. The van der Waals surface area contributed by atoms with Crippen molar-refractivity contribution in [2.75, 3.05) is 12.9 Å². The third kappa shape index (κ3) is 4.25. The Morgan fingerprint density at radius 3 is 3.00 bits per heavy atom. The Labute approximate surface area is 156 Å². The summed E-state index contributed by atoms with van der Waals surface area (Å²) in [6.45, 7) is 0. The van der Waals surface area contributed by atoms with Gasteiger partial charge in [-0.2, -0.15) is 0 Å². The molecular formula is C16H14BrN3O2S2. The van der Waals surface area contributed by atoms with Crippen molar-refractivity contribution >= 4 is 44.8 Å². The fourth-order valence-electron chi connectivity index (χ4n) is 2.05. The van der Waals surface area contributed by atoms with E-state index in [9.17, 15) is 4.79 Å². The van der Waals surface area contributed by atoms with Crippen LogP contribution in [-0.2, 0) is 6.42 Å². The predicted molar refractivity (Wildman–Crippen MR) is 99.3 cm³/mol. The van der Waals surface area contributed by atoms with E-state index < -0.39 is 0 Å². The molecule has 0 saturated heterocycles. The van der Waals surface area contributed by atoms with Gasteiger partial charge < -0.3 is 4.74 Å². The molecule has 0 amide bonds. The monoisotopic (exact) mass is 423 g/mol. The zero-order chi connectivity index (χ0) is 16.9. The second-order valence-corrected chi connectivity index (χ2v) is 7.71. The zero-order valence-corrected chi connectivity index (χ0v) is 16.0. The minimum atomic E-state index is 0.0213. The summed E-state index contributed by atoms with van der Waals surface area (Å²) >= 11 is 6.40. The number of nitrogens with zero attached hydrogens (tertiary/aromatic N) is 2. The molecule has 1 aromatic carbocycles. The van der Waals surface area contributed by atoms with Crippen LogP contribution in [0.15, 0.2) is 45.3 Å². The highest BCUT2D eigenvalue weighted by Crippen LogP contribution is 2.26. The van der Waals surface area contributed by atoms with Crippen LogP contribution in [0.2, 0.25) is 0 Å². The molecule has 3 aromatic rings. The van der Waals surface area contributed by atoms with Crippen LogP contribution in [0.3, 0.4) is 0 Å². The number of aromatic amines is 1. The van der Waals surface area contributed by atoms with Gasteiger partial charge >= 0.3 is 0 Å². The molecule has 0 aliphatic heterocycles. The largest absolute Gasteiger partial charge is 0.496 e. The molecule has 0 atom stereocenters. The van der Waals surface area contributed by atoms with Gasteiger partial charge in [-0.15, -0.1) is 16.4 Å². The lowest BCUT2D eigenvalue weighted by Gasteiger charge is -2.05. The molecule has 0 aliphatic carbocycles. The van der Waals surface area contributed by atoms with Gasteiger partial charge in [-0.3, -0.25) is 9.89 Å². The van der Waals surface area contributed by atoms with Crippen molar-refractivity contribution in [3.63, 3.8) is 0 Å². The number of thiophene rings is 1. The Morgan fingerprint density at radius 1 is 1.42 bits per heavy atom. The first-order valence-corrected chi connectivity index (χ1v) is 9.74. The van der Waals surface area contributed by atoms with E-state index in [1.165, 1.54) is 16.6 Å². The van der Waals surface area contributed by atoms with Gasteiger partial charge in [-0.1, -0.05) is 17.8 Å². The number of aromatic nitrogens is 3. The third-order valence-electron chi connectivity index (χ3n) is 3.24. The normalized spacial score (nSPS) is 10.8. The van der Waals surface area contributed by atoms with Gasteiger partial charge in [0.05, 0.1) is 17.3 Å². The van der Waals surface area contributed by atoms with Crippen molar-refractivity contribution in [1.82, 2.24) is 15.2 Å². The topological polar surface area (TPSA) is 67.9 Å². The second kappa shape index (κ2) is 7.96. The molecule has 0 aliphatic rings. The molecule has 0 fully saturated rings. The van der Waals surface area contributed by atoms with Crippen LogP contribution in [0.5, 0.6) is 5.75 Å². The van der Waals surface area contributed by atoms with Crippen molar-refractivity contribution < 1.29 is 9.53 Å². The lowest BCUT2D eigenvalue weighted by molar-refractivity contribution is 0.102. The first-order chi connectivity index (χ1) is 11.7. The molecule has 124 valence electrons. The predicted octanol–water partition coefficient (Wildman–Crippen LogP) is 4.20. The SMILES string of the molecule is COc1ccc(C(=O)CSc2n[nH]c(Cc3cccs3)n2)cc1Br. The average Bonchev–Trinajstić information content (AvgIpc) is 3.25. The zero-order valence-electron chi connectivity index (χ0n) is 12.8. The van der Waals surface area contributed by atoms with Crippen molar-refractivity contribution in [3.05, 3.63) is 56.4 Å². The number of ether oxygens (including phenoxy) is 1. The summed E-state index contributed by atoms with van der Waals surface area (Å²) in [5.41, 5.74) is 0.629. The second-order valence-electron chi connectivity index (χ2n) is 4.88. The van der Waals surface area contributed by atoms with E-state index in [2.05, 4.69) is 37.2 Å². The van der Waals surface area contributed by atoms with E-state index in [0.29, 0.717) is 16.5 Å². The molecule has 24 heavy (non-hydrogen) atoms. The highest BCUT2D eigenvalue weighted by Gasteiger charge is 2.12. The Morgan fingerprint density at radius 2 is 2.29 bits per heavy atom. The summed E-state index contributed by atoms with van der Waals surface area (Å²) in [6, 6.07) is 9.37. The van der Waals surface area contributed by atoms with Crippen LogP contribution in [0.4, 0.5) is 0 Å². The quantitative estimate of drug-likeness (QED) is 0.455. The number of halogens is 1. The molecule has 0 radical (unpaired) electrons. The fourth-order valence-corrected chi connectivity index (χ4v) is 4.01. The van der Waals surface area contributed by atoms with E-state index in [4.69, 9.17) is 4.74 Å². The van der Waals surface area contributed by atoms with Gasteiger partial charge in [0.25, 0.3) is 0 Å². The van der Waals surface area contributed by atoms with Crippen LogP contribution in [0, 0.1) is 0 Å². The van der Waals surface area contributed by atoms with Gasteiger partial charge in [0.15, 0.2) is 5.78 Å². The van der Waals surface area contributed by atoms with E-state index in [1.54, 1.807) is 36.6 Å². The molecule has 2 aromatic heterocycles. The molecule has 8 heteroatoms. The Balaban J connectivity index is 1.58. The van der Waals surface area contributed by atoms with Crippen LogP contribution in [-0.4, -0.2) is 33.8 Å². The number of nitrogens with one attached hydrogen (secondary N) is 1. The first kappa shape index (κ1) is 17.2. The van der Waals surface area contributed by atoms with Gasteiger partial charge in [0.1, 0.15) is 11.6 Å². The number of hydrogen-bond acceptors (Lipinski definition) is 6. The molecule has 0 unspecified atom stereocenters. The number of hydrogen-bond donors (Lipinski definition) is 1. The van der Waals surface area contributed by atoms with E-state index in [-0.39, 0.29) is 11.5 Å². The summed E-state index contributed by atoms with van der Waals surface area (Å²) in [6.07, 6.45) is 0.727. The number of thioether (sulfide) groups is 1. The lowest BCUT2D eigenvalue weighted by Crippen LogP contribution is -2.03. The first-order valence-electron chi connectivity index (χ1n) is 7.09. The maximum atomic E-state index is 12.3. The van der Waals surface area contributed by atoms with Crippen molar-refractivity contribution in [2.24, 2.45) is 0 Å². The maximum Gasteiger partial charge on any atom is 0.208 e. The number of Topliss-reactive ketones (excluding diaryl/α,β-unsaturated/α-hetero) is 1. The number of ketones is 1. The minimum Gasteiger partial charge on any atom is -0.496 e. The van der Waals surface area contributed by atoms with Crippen LogP contribution < -0.4 is 4.74 Å². The van der Waals surface area contributed by atoms with Gasteiger partial charge in [0, 0.05) is 16.9 Å². The molecule has 0 bridgehead atoms. The molecular weight excluding hydrogens is 410 g/mol. The van der Waals surface area contributed by atoms with Crippen molar-refractivity contribution in [3.8, 4) is 5.75 Å². The summed E-state index contributed by atoms with van der Waals surface area (Å²) in [4.78, 5) is 17.9. The van der Waals surface area contributed by atoms with E-state index >= 15 is 0 Å². The summed E-state index contributed by atoms with van der Waals surface area (Å²) < 4.78 is 5.93. The number of rotatable bonds is 7. The number of benzene rings is 1. The summed E-state index contributed by atoms with van der Waals surface area (Å²) in [7, 11) is 1.59. The van der Waals surface area contributed by atoms with Crippen LogP contribution >= 0.6 is 39.0 Å². The molecule has 0 spiro atoms.